The molecule has 4 heterocycles. The van der Waals surface area contributed by atoms with E-state index in [4.69, 9.17) is 21.6 Å². The second-order valence-corrected chi connectivity index (χ2v) is 10.1. The SMILES string of the molecule is O=C(O)[C@H]1C2CCC(CC2)[C@@H]1Nc1cc(-c2cccs2)nc(-c2c[nH]c3ncc(Cl)nc23)n1. The molecule has 4 aromatic heterocycles. The van der Waals surface area contributed by atoms with Crippen molar-refractivity contribution >= 4 is 45.9 Å². The molecule has 3 fully saturated rings. The van der Waals surface area contributed by atoms with Gasteiger partial charge in [-0.3, -0.25) is 4.79 Å². The number of aromatic nitrogens is 5. The Morgan fingerprint density at radius 2 is 2.00 bits per heavy atom. The van der Waals surface area contributed by atoms with Gasteiger partial charge in [-0.15, -0.1) is 11.3 Å². The van der Waals surface area contributed by atoms with Crippen LogP contribution >= 0.6 is 22.9 Å². The zero-order chi connectivity index (χ0) is 22.5. The molecule has 168 valence electrons. The number of anilines is 1. The van der Waals surface area contributed by atoms with Gasteiger partial charge in [0.15, 0.2) is 11.5 Å². The van der Waals surface area contributed by atoms with E-state index >= 15 is 0 Å². The molecule has 3 N–H and O–H groups in total. The van der Waals surface area contributed by atoms with Gasteiger partial charge in [-0.1, -0.05) is 17.7 Å². The Kier molecular flexibility index (Phi) is 5.03. The maximum absolute atomic E-state index is 12.1. The maximum Gasteiger partial charge on any atom is 0.308 e. The Morgan fingerprint density at radius 3 is 2.76 bits per heavy atom. The fraction of sp³-hybridized carbons (Fsp3) is 0.348. The summed E-state index contributed by atoms with van der Waals surface area (Å²) in [6.07, 6.45) is 7.36. The van der Waals surface area contributed by atoms with Crippen LogP contribution in [0.25, 0.3) is 33.1 Å². The van der Waals surface area contributed by atoms with Gasteiger partial charge in [0, 0.05) is 18.3 Å². The van der Waals surface area contributed by atoms with Crippen LogP contribution in [0.3, 0.4) is 0 Å². The molecule has 0 amide bonds. The average molecular weight is 481 g/mol. The zero-order valence-electron chi connectivity index (χ0n) is 17.5. The van der Waals surface area contributed by atoms with Gasteiger partial charge in [-0.05, 0) is 49.0 Å². The fourth-order valence-electron chi connectivity index (χ4n) is 5.42. The van der Waals surface area contributed by atoms with Crippen LogP contribution in [-0.2, 0) is 4.79 Å². The van der Waals surface area contributed by atoms with Gasteiger partial charge in [-0.25, -0.2) is 19.9 Å². The quantitative estimate of drug-likeness (QED) is 0.364. The first-order chi connectivity index (χ1) is 16.1. The van der Waals surface area contributed by atoms with Crippen molar-refractivity contribution in [3.05, 3.63) is 41.1 Å². The second-order valence-electron chi connectivity index (χ2n) is 8.74. The molecule has 0 saturated heterocycles. The highest BCUT2D eigenvalue weighted by atomic mass is 35.5. The van der Waals surface area contributed by atoms with Gasteiger partial charge >= 0.3 is 5.97 Å². The number of nitrogens with zero attached hydrogens (tertiary/aromatic N) is 4. The number of hydrogen-bond acceptors (Lipinski definition) is 7. The number of aromatic amines is 1. The summed E-state index contributed by atoms with van der Waals surface area (Å²) < 4.78 is 0. The third-order valence-corrected chi connectivity index (χ3v) is 7.99. The third-order valence-electron chi connectivity index (χ3n) is 6.91. The van der Waals surface area contributed by atoms with E-state index in [2.05, 4.69) is 20.3 Å². The van der Waals surface area contributed by atoms with Crippen LogP contribution in [0.4, 0.5) is 5.82 Å². The molecule has 8 nitrogen and oxygen atoms in total. The van der Waals surface area contributed by atoms with Crippen LogP contribution in [0.2, 0.25) is 5.15 Å². The molecule has 0 radical (unpaired) electrons. The van der Waals surface area contributed by atoms with E-state index in [1.54, 1.807) is 17.5 Å². The number of nitrogens with one attached hydrogen (secondary N) is 2. The van der Waals surface area contributed by atoms with Crippen LogP contribution in [0, 0.1) is 17.8 Å². The topological polar surface area (TPSA) is 117 Å². The van der Waals surface area contributed by atoms with Crippen molar-refractivity contribution in [2.45, 2.75) is 31.7 Å². The standard InChI is InChI=1S/C23H21ClN6O2S/c24-16-10-26-22-20(28-16)13(9-25-22)21-27-14(15-2-1-7-33-15)8-17(30-21)29-19-12-5-3-11(4-6-12)18(19)23(31)32/h1-2,7-12,18-19H,3-6H2,(H,25,26)(H,31,32)(H,27,29,30)/t11?,12?,18-,19-/m0/s1. The number of carboxylic acids is 1. The normalized spacial score (nSPS) is 24.3. The lowest BCUT2D eigenvalue weighted by Crippen LogP contribution is -2.51. The predicted molar refractivity (Wildman–Crippen MR) is 127 cm³/mol. The number of carboxylic acid groups (broad SMARTS) is 1. The van der Waals surface area contributed by atoms with Crippen LogP contribution in [0.15, 0.2) is 36.0 Å². The molecule has 0 aliphatic heterocycles. The fourth-order valence-corrected chi connectivity index (χ4v) is 6.24. The molecule has 0 aromatic carbocycles. The van der Waals surface area contributed by atoms with Gasteiger partial charge in [0.05, 0.1) is 28.2 Å². The van der Waals surface area contributed by atoms with Gasteiger partial charge in [0.2, 0.25) is 0 Å². The van der Waals surface area contributed by atoms with Crippen LogP contribution in [0.5, 0.6) is 0 Å². The molecule has 4 aromatic rings. The Morgan fingerprint density at radius 1 is 1.18 bits per heavy atom. The smallest absolute Gasteiger partial charge is 0.308 e. The van der Waals surface area contributed by atoms with Crippen molar-refractivity contribution in [2.75, 3.05) is 5.32 Å². The van der Waals surface area contributed by atoms with Crippen molar-refractivity contribution in [2.24, 2.45) is 17.8 Å². The van der Waals surface area contributed by atoms with Gasteiger partial charge in [0.1, 0.15) is 16.5 Å². The minimum Gasteiger partial charge on any atom is -0.481 e. The van der Waals surface area contributed by atoms with Crippen molar-refractivity contribution in [3.8, 4) is 22.0 Å². The Hall–Kier alpha value is -3.04. The number of aliphatic carboxylic acids is 1. The highest BCUT2D eigenvalue weighted by molar-refractivity contribution is 7.13. The number of fused-ring (bicyclic) bond motifs is 4. The van der Waals surface area contributed by atoms with Crippen molar-refractivity contribution in [1.29, 1.82) is 0 Å². The zero-order valence-corrected chi connectivity index (χ0v) is 19.1. The molecule has 10 heteroatoms. The minimum absolute atomic E-state index is 0.147. The summed E-state index contributed by atoms with van der Waals surface area (Å²) in [6.45, 7) is 0. The lowest BCUT2D eigenvalue weighted by Gasteiger charge is -2.47. The summed E-state index contributed by atoms with van der Waals surface area (Å²) in [4.78, 5) is 34.5. The first-order valence-corrected chi connectivity index (χ1v) is 12.2. The molecule has 3 saturated carbocycles. The summed E-state index contributed by atoms with van der Waals surface area (Å²) in [6, 6.07) is 5.75. The van der Waals surface area contributed by atoms with E-state index in [0.29, 0.717) is 39.4 Å². The Labute approximate surface area is 198 Å². The molecule has 3 aliphatic carbocycles. The van der Waals surface area contributed by atoms with E-state index in [1.165, 1.54) is 6.20 Å². The molecule has 2 bridgehead atoms. The van der Waals surface area contributed by atoms with Gasteiger partial charge < -0.3 is 15.4 Å². The molecule has 2 atom stereocenters. The molecule has 33 heavy (non-hydrogen) atoms. The Bertz CT molecular complexity index is 1330. The van der Waals surface area contributed by atoms with E-state index in [1.807, 2.05) is 23.6 Å². The van der Waals surface area contributed by atoms with E-state index < -0.39 is 11.9 Å². The number of rotatable bonds is 5. The van der Waals surface area contributed by atoms with Crippen molar-refractivity contribution in [3.63, 3.8) is 0 Å². The summed E-state index contributed by atoms with van der Waals surface area (Å²) in [5, 5.41) is 15.8. The largest absolute Gasteiger partial charge is 0.481 e. The van der Waals surface area contributed by atoms with Gasteiger partial charge in [0.25, 0.3) is 0 Å². The molecule has 0 unspecified atom stereocenters. The molecule has 0 spiro atoms. The molecule has 7 rings (SSSR count). The van der Waals surface area contributed by atoms with E-state index in [0.717, 1.165) is 36.3 Å². The third kappa shape index (κ3) is 3.65. The summed E-state index contributed by atoms with van der Waals surface area (Å²) >= 11 is 7.69. The number of hydrogen-bond donors (Lipinski definition) is 3. The molecule has 3 aliphatic rings. The first kappa shape index (κ1) is 20.6. The number of H-pyrrole nitrogens is 1. The second kappa shape index (κ2) is 8.07. The van der Waals surface area contributed by atoms with Crippen molar-refractivity contribution < 1.29 is 9.90 Å². The van der Waals surface area contributed by atoms with Crippen LogP contribution in [-0.4, -0.2) is 42.0 Å². The minimum atomic E-state index is -0.726. The van der Waals surface area contributed by atoms with Gasteiger partial charge in [-0.2, -0.15) is 0 Å². The summed E-state index contributed by atoms with van der Waals surface area (Å²) in [7, 11) is 0. The predicted octanol–water partition coefficient (Wildman–Crippen LogP) is 5.10. The monoisotopic (exact) mass is 480 g/mol. The number of halogens is 1. The summed E-state index contributed by atoms with van der Waals surface area (Å²) in [5.41, 5.74) is 2.66. The lowest BCUT2D eigenvalue weighted by molar-refractivity contribution is -0.148. The van der Waals surface area contributed by atoms with Crippen molar-refractivity contribution in [1.82, 2.24) is 24.9 Å². The number of thiophene rings is 1. The average Bonchev–Trinajstić information content (AvgIpc) is 3.49. The van der Waals surface area contributed by atoms with Crippen LogP contribution < -0.4 is 5.32 Å². The Balaban J connectivity index is 1.45. The van der Waals surface area contributed by atoms with Crippen LogP contribution in [0.1, 0.15) is 25.7 Å². The molecular weight excluding hydrogens is 460 g/mol. The number of carbonyl (C=O) groups is 1. The highest BCUT2D eigenvalue weighted by Gasteiger charge is 2.47. The maximum atomic E-state index is 12.1. The lowest BCUT2D eigenvalue weighted by atomic mass is 9.61. The highest BCUT2D eigenvalue weighted by Crippen LogP contribution is 2.46. The first-order valence-electron chi connectivity index (χ1n) is 11.0. The van der Waals surface area contributed by atoms with E-state index in [9.17, 15) is 9.90 Å². The molecular formula is C23H21ClN6O2S. The summed E-state index contributed by atoms with van der Waals surface area (Å²) in [5.74, 6) is 0.525. The van der Waals surface area contributed by atoms with E-state index in [-0.39, 0.29) is 12.0 Å².